The fourth-order valence-electron chi connectivity index (χ4n) is 1.39. The molecule has 0 saturated heterocycles. The van der Waals surface area contributed by atoms with E-state index in [2.05, 4.69) is 20.8 Å². The van der Waals surface area contributed by atoms with Gasteiger partial charge in [-0.3, -0.25) is 4.79 Å². The first-order valence-corrected chi connectivity index (χ1v) is 4.47. The van der Waals surface area contributed by atoms with E-state index in [1.54, 1.807) is 6.92 Å². The molecule has 0 aliphatic rings. The van der Waals surface area contributed by atoms with Crippen LogP contribution in [0.5, 0.6) is 0 Å². The second-order valence-electron chi connectivity index (χ2n) is 4.87. The second kappa shape index (κ2) is 3.92. The van der Waals surface area contributed by atoms with Crippen LogP contribution >= 0.6 is 0 Å². The summed E-state index contributed by atoms with van der Waals surface area (Å²) in [6.45, 7) is 10.2. The Hall–Kier alpha value is -0.530. The molecule has 0 bridgehead atoms. The third-order valence-corrected chi connectivity index (χ3v) is 2.18. The first-order valence-electron chi connectivity index (χ1n) is 4.47. The number of carboxylic acid groups (broad SMARTS) is 1. The lowest BCUT2D eigenvalue weighted by Gasteiger charge is -2.25. The number of hydrogen-bond acceptors (Lipinski definition) is 1. The summed E-state index contributed by atoms with van der Waals surface area (Å²) < 4.78 is 0. The minimum Gasteiger partial charge on any atom is -0.481 e. The van der Waals surface area contributed by atoms with Crippen LogP contribution < -0.4 is 0 Å². The minimum absolute atomic E-state index is 0.225. The zero-order valence-corrected chi connectivity index (χ0v) is 8.72. The normalized spacial score (nSPS) is 17.1. The molecular formula is C10H20O2. The van der Waals surface area contributed by atoms with Crippen molar-refractivity contribution in [3.8, 4) is 0 Å². The molecule has 2 atom stereocenters. The number of carboxylic acids is 1. The van der Waals surface area contributed by atoms with Crippen molar-refractivity contribution < 1.29 is 9.90 Å². The molecule has 2 unspecified atom stereocenters. The predicted molar refractivity (Wildman–Crippen MR) is 50.0 cm³/mol. The molecule has 0 heterocycles. The Morgan fingerprint density at radius 1 is 1.33 bits per heavy atom. The van der Waals surface area contributed by atoms with Crippen molar-refractivity contribution in [1.29, 1.82) is 0 Å². The summed E-state index contributed by atoms with van der Waals surface area (Å²) in [7, 11) is 0. The van der Waals surface area contributed by atoms with Crippen molar-refractivity contribution in [2.45, 2.75) is 41.0 Å². The topological polar surface area (TPSA) is 37.3 Å². The molecular weight excluding hydrogens is 152 g/mol. The lowest BCUT2D eigenvalue weighted by atomic mass is 9.80. The fraction of sp³-hybridized carbons (Fsp3) is 0.900. The average molecular weight is 172 g/mol. The van der Waals surface area contributed by atoms with Gasteiger partial charge in [-0.05, 0) is 17.8 Å². The van der Waals surface area contributed by atoms with Gasteiger partial charge < -0.3 is 5.11 Å². The molecule has 0 aliphatic carbocycles. The maximum atomic E-state index is 10.6. The molecule has 72 valence electrons. The molecule has 12 heavy (non-hydrogen) atoms. The Balaban J connectivity index is 4.04. The zero-order chi connectivity index (χ0) is 9.94. The smallest absolute Gasteiger partial charge is 0.306 e. The molecule has 0 amide bonds. The third kappa shape index (κ3) is 4.37. The van der Waals surface area contributed by atoms with E-state index in [1.165, 1.54) is 0 Å². The lowest BCUT2D eigenvalue weighted by Crippen LogP contribution is -2.22. The van der Waals surface area contributed by atoms with Crippen molar-refractivity contribution in [2.75, 3.05) is 0 Å². The van der Waals surface area contributed by atoms with Gasteiger partial charge in [0.2, 0.25) is 0 Å². The minimum atomic E-state index is -0.688. The van der Waals surface area contributed by atoms with Crippen LogP contribution in [0.3, 0.4) is 0 Å². The number of carbonyl (C=O) groups is 1. The summed E-state index contributed by atoms with van der Waals surface area (Å²) >= 11 is 0. The molecule has 0 aliphatic heterocycles. The van der Waals surface area contributed by atoms with Gasteiger partial charge in [0.15, 0.2) is 0 Å². The number of hydrogen-bond donors (Lipinski definition) is 1. The van der Waals surface area contributed by atoms with Crippen LogP contribution in [0.4, 0.5) is 0 Å². The van der Waals surface area contributed by atoms with Gasteiger partial charge in [0.1, 0.15) is 0 Å². The van der Waals surface area contributed by atoms with Gasteiger partial charge in [0.25, 0.3) is 0 Å². The molecule has 2 nitrogen and oxygen atoms in total. The van der Waals surface area contributed by atoms with E-state index in [0.29, 0.717) is 0 Å². The van der Waals surface area contributed by atoms with Crippen molar-refractivity contribution in [3.63, 3.8) is 0 Å². The van der Waals surface area contributed by atoms with E-state index < -0.39 is 5.97 Å². The molecule has 1 N–H and O–H groups in total. The summed E-state index contributed by atoms with van der Waals surface area (Å²) in [5, 5.41) is 8.75. The molecule has 0 aromatic heterocycles. The highest BCUT2D eigenvalue weighted by atomic mass is 16.4. The summed E-state index contributed by atoms with van der Waals surface area (Å²) in [6.07, 6.45) is 0.959. The van der Waals surface area contributed by atoms with Gasteiger partial charge in [-0.25, -0.2) is 0 Å². The maximum absolute atomic E-state index is 10.6. The van der Waals surface area contributed by atoms with Crippen molar-refractivity contribution in [1.82, 2.24) is 0 Å². The average Bonchev–Trinajstić information content (AvgIpc) is 1.82. The molecule has 0 fully saturated rings. The predicted octanol–water partition coefficient (Wildman–Crippen LogP) is 2.78. The Kier molecular flexibility index (Phi) is 3.75. The first-order chi connectivity index (χ1) is 5.24. The molecule has 0 radical (unpaired) electrons. The third-order valence-electron chi connectivity index (χ3n) is 2.18. The van der Waals surface area contributed by atoms with Gasteiger partial charge in [-0.2, -0.15) is 0 Å². The molecule has 0 spiro atoms. The van der Waals surface area contributed by atoms with E-state index in [-0.39, 0.29) is 17.3 Å². The van der Waals surface area contributed by atoms with Crippen molar-refractivity contribution in [3.05, 3.63) is 0 Å². The van der Waals surface area contributed by atoms with E-state index >= 15 is 0 Å². The zero-order valence-electron chi connectivity index (χ0n) is 8.72. The number of rotatable bonds is 3. The van der Waals surface area contributed by atoms with Crippen LogP contribution in [0.15, 0.2) is 0 Å². The summed E-state index contributed by atoms with van der Waals surface area (Å²) in [4.78, 5) is 10.6. The second-order valence-corrected chi connectivity index (χ2v) is 4.87. The van der Waals surface area contributed by atoms with Gasteiger partial charge in [0.05, 0.1) is 5.92 Å². The van der Waals surface area contributed by atoms with Gasteiger partial charge in [-0.1, -0.05) is 34.6 Å². The first kappa shape index (κ1) is 11.5. The van der Waals surface area contributed by atoms with Crippen LogP contribution in [-0.4, -0.2) is 11.1 Å². The van der Waals surface area contributed by atoms with E-state index in [1.807, 2.05) is 6.92 Å². The number of aliphatic carboxylic acids is 1. The maximum Gasteiger partial charge on any atom is 0.306 e. The molecule has 0 rings (SSSR count). The Bertz CT molecular complexity index is 156. The fourth-order valence-corrected chi connectivity index (χ4v) is 1.39. The van der Waals surface area contributed by atoms with Crippen LogP contribution in [0.1, 0.15) is 41.0 Å². The van der Waals surface area contributed by atoms with Crippen LogP contribution in [0.2, 0.25) is 0 Å². The quantitative estimate of drug-likeness (QED) is 0.710. The Morgan fingerprint density at radius 3 is 2.00 bits per heavy atom. The summed E-state index contributed by atoms with van der Waals surface area (Å²) in [5.41, 5.74) is 0.225. The Morgan fingerprint density at radius 2 is 1.75 bits per heavy atom. The largest absolute Gasteiger partial charge is 0.481 e. The van der Waals surface area contributed by atoms with Crippen LogP contribution in [-0.2, 0) is 4.79 Å². The SMILES string of the molecule is CC(CC(C)(C)C)C(C)C(=O)O. The highest BCUT2D eigenvalue weighted by molar-refractivity contribution is 5.69. The Labute approximate surface area is 75.0 Å². The summed E-state index contributed by atoms with van der Waals surface area (Å²) in [6, 6.07) is 0. The van der Waals surface area contributed by atoms with E-state index in [4.69, 9.17) is 5.11 Å². The standard InChI is InChI=1S/C10H20O2/c1-7(6-10(3,4)5)8(2)9(11)12/h7-8H,6H2,1-5H3,(H,11,12). The molecule has 2 heteroatoms. The highest BCUT2D eigenvalue weighted by Gasteiger charge is 2.23. The lowest BCUT2D eigenvalue weighted by molar-refractivity contribution is -0.143. The van der Waals surface area contributed by atoms with E-state index in [9.17, 15) is 4.79 Å². The van der Waals surface area contributed by atoms with Crippen LogP contribution in [0, 0.1) is 17.3 Å². The van der Waals surface area contributed by atoms with Gasteiger partial charge in [0, 0.05) is 0 Å². The van der Waals surface area contributed by atoms with Gasteiger partial charge >= 0.3 is 5.97 Å². The van der Waals surface area contributed by atoms with Crippen molar-refractivity contribution in [2.24, 2.45) is 17.3 Å². The highest BCUT2D eigenvalue weighted by Crippen LogP contribution is 2.28. The molecule has 0 aromatic rings. The molecule has 0 saturated carbocycles. The van der Waals surface area contributed by atoms with Gasteiger partial charge in [-0.15, -0.1) is 0 Å². The monoisotopic (exact) mass is 172 g/mol. The van der Waals surface area contributed by atoms with Crippen LogP contribution in [0.25, 0.3) is 0 Å². The van der Waals surface area contributed by atoms with E-state index in [0.717, 1.165) is 6.42 Å². The summed E-state index contributed by atoms with van der Waals surface area (Å²) in [5.74, 6) is -0.668. The van der Waals surface area contributed by atoms with Crippen molar-refractivity contribution >= 4 is 5.97 Å². The molecule has 0 aromatic carbocycles.